The van der Waals surface area contributed by atoms with Crippen LogP contribution in [0.1, 0.15) is 62.1 Å². The van der Waals surface area contributed by atoms with E-state index in [9.17, 15) is 33.9 Å². The van der Waals surface area contributed by atoms with Crippen molar-refractivity contribution in [3.8, 4) is 0 Å². The van der Waals surface area contributed by atoms with Crippen LogP contribution < -0.4 is 0 Å². The summed E-state index contributed by atoms with van der Waals surface area (Å²) in [6.07, 6.45) is -12.9. The highest BCUT2D eigenvalue weighted by Gasteiger charge is 2.54. The second-order valence-corrected chi connectivity index (χ2v) is 19.8. The number of thioether (sulfide) groups is 1. The minimum atomic E-state index is -1.55. The molecule has 0 saturated carbocycles. The Bertz CT molecular complexity index is 3180. The predicted molar refractivity (Wildman–Crippen MR) is 298 cm³/mol. The molecule has 19 heteroatoms. The van der Waals surface area contributed by atoms with Gasteiger partial charge in [-0.15, -0.1) is 0 Å². The van der Waals surface area contributed by atoms with E-state index in [0.717, 1.165) is 0 Å². The predicted octanol–water partition coefficient (Wildman–Crippen LogP) is 8.62. The van der Waals surface area contributed by atoms with Crippen LogP contribution in [0.25, 0.3) is 0 Å². The molecule has 18 nitrogen and oxygen atoms in total. The minimum absolute atomic E-state index is 0.135. The Kier molecular flexibility index (Phi) is 21.3. The molecule has 0 aliphatic carbocycles. The molecule has 2 aliphatic rings. The van der Waals surface area contributed by atoms with Crippen LogP contribution in [0.2, 0.25) is 0 Å². The topological polar surface area (TPSA) is 224 Å². The summed E-state index contributed by atoms with van der Waals surface area (Å²) in [6, 6.07) is 57.9. The van der Waals surface area contributed by atoms with Gasteiger partial charge in [0.1, 0.15) is 43.1 Å². The number of hydrogen-bond acceptors (Lipinski definition) is 19. The smallest absolute Gasteiger partial charge is 0.338 e. The van der Waals surface area contributed by atoms with Gasteiger partial charge < -0.3 is 57.2 Å². The molecular weight excluding hydrogens is 1090 g/mol. The first-order chi connectivity index (χ1) is 40.6. The fourth-order valence-electron chi connectivity index (χ4n) is 9.02. The van der Waals surface area contributed by atoms with Crippen LogP contribution in [0.5, 0.6) is 0 Å². The Hall–Kier alpha value is -8.53. The van der Waals surface area contributed by atoms with E-state index in [1.807, 2.05) is 30.3 Å². The van der Waals surface area contributed by atoms with Crippen molar-refractivity contribution in [2.75, 3.05) is 39.6 Å². The molecule has 2 saturated heterocycles. The first-order valence-corrected chi connectivity index (χ1v) is 27.5. The molecule has 9 rings (SSSR count). The molecule has 0 unspecified atom stereocenters. The SMILES string of the molecule is O=C(OC[C@H]1O[C@H](Sc2ccccc2)[C@H](OCCO[C@@H]2O[C@H](COC(=O)c3ccccc3)[C@@H](OC(=O)c3ccccc3)[C@H](OC(=O)c3ccccc3)[C@H]2OCCO)[C@@H](OC(=O)c2ccccc2)[C@@H]1OC(=O)c1ccccc1)c1ccccc1. The summed E-state index contributed by atoms with van der Waals surface area (Å²) >= 11 is 1.20. The normalized spacial score (nSPS) is 22.0. The number of rotatable bonds is 24. The van der Waals surface area contributed by atoms with E-state index < -0.39 is 116 Å². The second kappa shape index (κ2) is 30.0. The molecule has 83 heavy (non-hydrogen) atoms. The number of benzene rings is 7. The number of ether oxygens (including phenoxy) is 11. The van der Waals surface area contributed by atoms with Gasteiger partial charge in [-0.25, -0.2) is 28.8 Å². The summed E-state index contributed by atoms with van der Waals surface area (Å²) in [5.74, 6) is -4.72. The summed E-state index contributed by atoms with van der Waals surface area (Å²) in [4.78, 5) is 84.1. The zero-order valence-corrected chi connectivity index (χ0v) is 45.3. The molecule has 2 aliphatic heterocycles. The van der Waals surface area contributed by atoms with Gasteiger partial charge in [0.15, 0.2) is 30.7 Å². The van der Waals surface area contributed by atoms with E-state index in [-0.39, 0.29) is 53.2 Å². The van der Waals surface area contributed by atoms with Crippen LogP contribution in [0.3, 0.4) is 0 Å². The minimum Gasteiger partial charge on any atom is -0.459 e. The van der Waals surface area contributed by atoms with Crippen LogP contribution in [0.15, 0.2) is 217 Å². The van der Waals surface area contributed by atoms with E-state index in [1.165, 1.54) is 36.0 Å². The van der Waals surface area contributed by atoms with E-state index in [4.69, 9.17) is 52.1 Å². The molecule has 10 atom stereocenters. The van der Waals surface area contributed by atoms with Gasteiger partial charge >= 0.3 is 35.8 Å². The van der Waals surface area contributed by atoms with Crippen LogP contribution >= 0.6 is 11.8 Å². The highest BCUT2D eigenvalue weighted by atomic mass is 32.2. The maximum absolute atomic E-state index is 14.3. The summed E-state index contributed by atoms with van der Waals surface area (Å²) in [6.45, 7) is -2.57. The third kappa shape index (κ3) is 16.1. The lowest BCUT2D eigenvalue weighted by molar-refractivity contribution is -0.311. The Morgan fingerprint density at radius 2 is 0.663 bits per heavy atom. The monoisotopic (exact) mass is 1150 g/mol. The van der Waals surface area contributed by atoms with Gasteiger partial charge in [0.05, 0.1) is 59.8 Å². The molecule has 1 N–H and O–H groups in total. The summed E-state index contributed by atoms with van der Waals surface area (Å²) < 4.78 is 69.2. The highest BCUT2D eigenvalue weighted by Crippen LogP contribution is 2.39. The van der Waals surface area contributed by atoms with E-state index in [2.05, 4.69) is 0 Å². The van der Waals surface area contributed by atoms with Crippen LogP contribution in [-0.2, 0) is 52.1 Å². The van der Waals surface area contributed by atoms with Crippen LogP contribution in [0, 0.1) is 0 Å². The molecule has 0 radical (unpaired) electrons. The molecule has 0 bridgehead atoms. The van der Waals surface area contributed by atoms with Gasteiger partial charge in [0, 0.05) is 4.90 Å². The van der Waals surface area contributed by atoms with E-state index in [1.54, 1.807) is 158 Å². The standard InChI is InChI=1S/C64H58O18S/c65-36-37-72-55-53(81-61(70)46-30-16-5-17-31-46)51(79-59(68)44-26-12-3-13-27-44)49(40-75-57(66)42-22-8-1-9-23-42)77-63(55)74-39-38-73-56-54(82-62(71)47-32-18-6-19-33-47)52(80-60(69)45-28-14-4-15-29-45)50(41-76-58(67)43-24-10-2-11-25-43)78-64(56)83-48-34-20-7-21-35-48/h1-35,49-56,63-65H,36-41H2/t49-,50-,51-,52-,53+,54+,55-,56-,63-,64-/m1/s1. The van der Waals surface area contributed by atoms with Crippen molar-refractivity contribution in [3.05, 3.63) is 246 Å². The summed E-state index contributed by atoms with van der Waals surface area (Å²) in [5.41, 5.74) is -0.0113. The van der Waals surface area contributed by atoms with Crippen molar-refractivity contribution in [3.63, 3.8) is 0 Å². The molecule has 0 aromatic heterocycles. The van der Waals surface area contributed by atoms with Gasteiger partial charge in [-0.1, -0.05) is 139 Å². The lowest BCUT2D eigenvalue weighted by Crippen LogP contribution is -2.63. The number of aliphatic hydroxyl groups excluding tert-OH is 1. The van der Waals surface area contributed by atoms with Gasteiger partial charge in [0.2, 0.25) is 0 Å². The second-order valence-electron chi connectivity index (χ2n) is 18.7. The molecule has 428 valence electrons. The number of carbonyl (C=O) groups is 6. The Morgan fingerprint density at radius 1 is 0.349 bits per heavy atom. The van der Waals surface area contributed by atoms with Crippen molar-refractivity contribution >= 4 is 47.6 Å². The summed E-state index contributed by atoms with van der Waals surface area (Å²) in [5, 5.41) is 10.1. The van der Waals surface area contributed by atoms with E-state index in [0.29, 0.717) is 4.90 Å². The average molecular weight is 1150 g/mol. The van der Waals surface area contributed by atoms with Gasteiger partial charge in [-0.05, 0) is 84.9 Å². The van der Waals surface area contributed by atoms with Gasteiger partial charge in [0.25, 0.3) is 0 Å². The highest BCUT2D eigenvalue weighted by molar-refractivity contribution is 7.99. The molecule has 7 aromatic rings. The van der Waals surface area contributed by atoms with Crippen LogP contribution in [0.4, 0.5) is 0 Å². The molecule has 2 fully saturated rings. The maximum atomic E-state index is 14.3. The average Bonchev–Trinajstić information content (AvgIpc) is 3.56. The lowest BCUT2D eigenvalue weighted by Gasteiger charge is -2.45. The number of esters is 6. The zero-order valence-electron chi connectivity index (χ0n) is 44.5. The van der Waals surface area contributed by atoms with Crippen LogP contribution in [-0.4, -0.2) is 141 Å². The van der Waals surface area contributed by atoms with Crippen molar-refractivity contribution in [2.45, 2.75) is 65.5 Å². The van der Waals surface area contributed by atoms with Crippen molar-refractivity contribution in [1.29, 1.82) is 0 Å². The number of aliphatic hydroxyl groups is 1. The molecule has 0 amide bonds. The third-order valence-corrected chi connectivity index (χ3v) is 14.2. The maximum Gasteiger partial charge on any atom is 0.338 e. The first kappa shape index (κ1) is 59.1. The van der Waals surface area contributed by atoms with E-state index >= 15 is 0 Å². The largest absolute Gasteiger partial charge is 0.459 e. The van der Waals surface area contributed by atoms with Crippen molar-refractivity contribution in [2.24, 2.45) is 0 Å². The Balaban J connectivity index is 1.04. The van der Waals surface area contributed by atoms with Crippen molar-refractivity contribution in [1.82, 2.24) is 0 Å². The molecule has 2 heterocycles. The van der Waals surface area contributed by atoms with Gasteiger partial charge in [-0.3, -0.25) is 0 Å². The lowest BCUT2D eigenvalue weighted by atomic mass is 9.97. The fraction of sp³-hybridized carbons (Fsp3) is 0.250. The zero-order chi connectivity index (χ0) is 57.8. The quantitative estimate of drug-likeness (QED) is 0.0339. The summed E-state index contributed by atoms with van der Waals surface area (Å²) in [7, 11) is 0. The number of carbonyl (C=O) groups excluding carboxylic acids is 6. The van der Waals surface area contributed by atoms with Gasteiger partial charge in [-0.2, -0.15) is 0 Å². The Morgan fingerprint density at radius 3 is 1.05 bits per heavy atom. The fourth-order valence-corrected chi connectivity index (χ4v) is 10.2. The van der Waals surface area contributed by atoms with Crippen molar-refractivity contribution < 1.29 is 86.0 Å². The first-order valence-electron chi connectivity index (χ1n) is 26.6. The molecule has 0 spiro atoms. The molecule has 7 aromatic carbocycles. The Labute approximate surface area is 482 Å². The number of hydrogen-bond donors (Lipinski definition) is 1. The molecular formula is C64H58O18S. The third-order valence-electron chi connectivity index (χ3n) is 13.0.